The largest absolute Gasteiger partial charge is 0.449 e. The van der Waals surface area contributed by atoms with Crippen LogP contribution in [0, 0.1) is 6.92 Å². The fourth-order valence-electron chi connectivity index (χ4n) is 3.50. The third kappa shape index (κ3) is 3.78. The maximum Gasteiger partial charge on any atom is 0.407 e. The Morgan fingerprint density at radius 2 is 1.75 bits per heavy atom. The molecule has 1 heterocycles. The first kappa shape index (κ1) is 17.9. The van der Waals surface area contributed by atoms with Crippen LogP contribution in [-0.4, -0.2) is 29.2 Å². The molecule has 1 aliphatic rings. The molecular formula is C23H21N3O2. The van der Waals surface area contributed by atoms with Crippen molar-refractivity contribution in [1.82, 2.24) is 15.3 Å². The van der Waals surface area contributed by atoms with E-state index in [-0.39, 0.29) is 5.92 Å². The standard InChI is InChI=1S/C23H21N3O2/c1-16-12-14-24-22(26-16)11-6-13-25-23(27)28-15-21-19-9-4-2-7-17(19)18-8-3-5-10-20(18)21/h2-12,14,21H,13,15H2,1H3,(H,25,27). The normalized spacial score (nSPS) is 12.6. The molecule has 0 aliphatic heterocycles. The summed E-state index contributed by atoms with van der Waals surface area (Å²) in [5, 5.41) is 2.74. The third-order valence-electron chi connectivity index (χ3n) is 4.79. The van der Waals surface area contributed by atoms with E-state index in [0.29, 0.717) is 19.0 Å². The summed E-state index contributed by atoms with van der Waals surface area (Å²) < 4.78 is 5.50. The molecule has 1 amide bonds. The lowest BCUT2D eigenvalue weighted by Crippen LogP contribution is -2.26. The molecule has 0 radical (unpaired) electrons. The van der Waals surface area contributed by atoms with Crippen LogP contribution in [0.3, 0.4) is 0 Å². The van der Waals surface area contributed by atoms with Crippen LogP contribution in [0.25, 0.3) is 17.2 Å². The zero-order chi connectivity index (χ0) is 19.3. The first-order chi connectivity index (χ1) is 13.7. The molecule has 4 rings (SSSR count). The molecule has 140 valence electrons. The number of nitrogens with zero attached hydrogens (tertiary/aromatic N) is 2. The molecule has 0 unspecified atom stereocenters. The minimum atomic E-state index is -0.434. The number of rotatable bonds is 5. The molecule has 3 aromatic rings. The summed E-state index contributed by atoms with van der Waals surface area (Å²) in [6.07, 6.45) is 4.85. The lowest BCUT2D eigenvalue weighted by molar-refractivity contribution is 0.144. The average molecular weight is 371 g/mol. The van der Waals surface area contributed by atoms with Gasteiger partial charge in [0.05, 0.1) is 0 Å². The Bertz CT molecular complexity index is 984. The van der Waals surface area contributed by atoms with Crippen molar-refractivity contribution in [2.45, 2.75) is 12.8 Å². The number of aryl methyl sites for hydroxylation is 1. The van der Waals surface area contributed by atoms with Crippen LogP contribution in [0.1, 0.15) is 28.6 Å². The summed E-state index contributed by atoms with van der Waals surface area (Å²) >= 11 is 0. The van der Waals surface area contributed by atoms with Crippen LogP contribution in [0.2, 0.25) is 0 Å². The zero-order valence-electron chi connectivity index (χ0n) is 15.6. The van der Waals surface area contributed by atoms with Gasteiger partial charge < -0.3 is 10.1 Å². The maximum atomic E-state index is 12.1. The van der Waals surface area contributed by atoms with Crippen molar-refractivity contribution in [2.75, 3.05) is 13.2 Å². The smallest absolute Gasteiger partial charge is 0.407 e. The minimum absolute atomic E-state index is 0.0642. The number of hydrogen-bond donors (Lipinski definition) is 1. The molecule has 0 saturated carbocycles. The first-order valence-electron chi connectivity index (χ1n) is 9.27. The second-order valence-corrected chi connectivity index (χ2v) is 6.67. The van der Waals surface area contributed by atoms with E-state index >= 15 is 0 Å². The van der Waals surface area contributed by atoms with E-state index in [1.54, 1.807) is 18.3 Å². The summed E-state index contributed by atoms with van der Waals surface area (Å²) in [5.41, 5.74) is 5.74. The Kier molecular flexibility index (Phi) is 5.15. The molecule has 0 saturated heterocycles. The number of fused-ring (bicyclic) bond motifs is 3. The highest BCUT2D eigenvalue weighted by Gasteiger charge is 2.28. The zero-order valence-corrected chi connectivity index (χ0v) is 15.6. The van der Waals surface area contributed by atoms with Crippen molar-refractivity contribution in [2.24, 2.45) is 0 Å². The highest BCUT2D eigenvalue weighted by atomic mass is 16.5. The van der Waals surface area contributed by atoms with Gasteiger partial charge in [-0.05, 0) is 41.3 Å². The molecule has 2 aromatic carbocycles. The van der Waals surface area contributed by atoms with Crippen molar-refractivity contribution in [3.05, 3.63) is 89.5 Å². The molecule has 1 N–H and O–H groups in total. The van der Waals surface area contributed by atoms with Crippen molar-refractivity contribution < 1.29 is 9.53 Å². The van der Waals surface area contributed by atoms with Gasteiger partial charge in [0.2, 0.25) is 0 Å². The molecule has 28 heavy (non-hydrogen) atoms. The fourth-order valence-corrected chi connectivity index (χ4v) is 3.50. The topological polar surface area (TPSA) is 64.1 Å². The van der Waals surface area contributed by atoms with Gasteiger partial charge in [-0.15, -0.1) is 0 Å². The van der Waals surface area contributed by atoms with E-state index < -0.39 is 6.09 Å². The van der Waals surface area contributed by atoms with Gasteiger partial charge in [-0.25, -0.2) is 14.8 Å². The first-order valence-corrected chi connectivity index (χ1v) is 9.27. The average Bonchev–Trinajstić information content (AvgIpc) is 3.04. The number of carbonyl (C=O) groups excluding carboxylic acids is 1. The lowest BCUT2D eigenvalue weighted by Gasteiger charge is -2.14. The van der Waals surface area contributed by atoms with Gasteiger partial charge in [0, 0.05) is 24.4 Å². The van der Waals surface area contributed by atoms with E-state index in [4.69, 9.17) is 4.74 Å². The molecule has 5 nitrogen and oxygen atoms in total. The van der Waals surface area contributed by atoms with Crippen molar-refractivity contribution in [3.63, 3.8) is 0 Å². The maximum absolute atomic E-state index is 12.1. The van der Waals surface area contributed by atoms with Crippen molar-refractivity contribution in [3.8, 4) is 11.1 Å². The Balaban J connectivity index is 1.34. The van der Waals surface area contributed by atoms with E-state index in [1.165, 1.54) is 22.3 Å². The Morgan fingerprint density at radius 1 is 1.07 bits per heavy atom. The molecule has 1 aliphatic carbocycles. The van der Waals surface area contributed by atoms with Crippen LogP contribution in [-0.2, 0) is 4.74 Å². The van der Waals surface area contributed by atoms with Crippen LogP contribution >= 0.6 is 0 Å². The SMILES string of the molecule is Cc1ccnc(C=CCNC(=O)OCC2c3ccccc3-c3ccccc32)n1. The van der Waals surface area contributed by atoms with Crippen molar-refractivity contribution in [1.29, 1.82) is 0 Å². The van der Waals surface area contributed by atoms with Gasteiger partial charge in [-0.1, -0.05) is 54.6 Å². The summed E-state index contributed by atoms with van der Waals surface area (Å²) in [7, 11) is 0. The molecule has 0 spiro atoms. The number of benzene rings is 2. The van der Waals surface area contributed by atoms with Crippen LogP contribution in [0.5, 0.6) is 0 Å². The summed E-state index contributed by atoms with van der Waals surface area (Å²) in [6, 6.07) is 18.4. The molecule has 1 aromatic heterocycles. The number of ether oxygens (including phenoxy) is 1. The predicted molar refractivity (Wildman–Crippen MR) is 109 cm³/mol. The molecule has 0 fully saturated rings. The molecule has 0 atom stereocenters. The van der Waals surface area contributed by atoms with Gasteiger partial charge in [0.15, 0.2) is 5.82 Å². The van der Waals surface area contributed by atoms with Gasteiger partial charge >= 0.3 is 6.09 Å². The third-order valence-corrected chi connectivity index (χ3v) is 4.79. The molecule has 5 heteroatoms. The van der Waals surface area contributed by atoms with Crippen LogP contribution in [0.4, 0.5) is 4.79 Å². The number of amides is 1. The number of carbonyl (C=O) groups is 1. The fraction of sp³-hybridized carbons (Fsp3) is 0.174. The van der Waals surface area contributed by atoms with Gasteiger partial charge in [-0.2, -0.15) is 0 Å². The van der Waals surface area contributed by atoms with Gasteiger partial charge in [0.25, 0.3) is 0 Å². The molecular weight excluding hydrogens is 350 g/mol. The molecule has 0 bridgehead atoms. The van der Waals surface area contributed by atoms with E-state index in [2.05, 4.69) is 39.6 Å². The summed E-state index contributed by atoms with van der Waals surface area (Å²) in [5.74, 6) is 0.684. The van der Waals surface area contributed by atoms with Gasteiger partial charge in [0.1, 0.15) is 6.61 Å². The Labute approximate surface area is 164 Å². The van der Waals surface area contributed by atoms with E-state index in [9.17, 15) is 4.79 Å². The quantitative estimate of drug-likeness (QED) is 0.725. The lowest BCUT2D eigenvalue weighted by atomic mass is 9.98. The second kappa shape index (κ2) is 8.05. The highest BCUT2D eigenvalue weighted by Crippen LogP contribution is 2.44. The number of nitrogens with one attached hydrogen (secondary N) is 1. The highest BCUT2D eigenvalue weighted by molar-refractivity contribution is 5.79. The number of hydrogen-bond acceptors (Lipinski definition) is 4. The number of aromatic nitrogens is 2. The van der Waals surface area contributed by atoms with Crippen LogP contribution in [0.15, 0.2) is 66.9 Å². The number of alkyl carbamates (subject to hydrolysis) is 1. The second-order valence-electron chi connectivity index (χ2n) is 6.67. The Hall–Kier alpha value is -3.47. The van der Waals surface area contributed by atoms with E-state index in [0.717, 1.165) is 5.69 Å². The minimum Gasteiger partial charge on any atom is -0.449 e. The summed E-state index contributed by atoms with van der Waals surface area (Å²) in [6.45, 7) is 2.58. The van der Waals surface area contributed by atoms with Gasteiger partial charge in [-0.3, -0.25) is 0 Å². The Morgan fingerprint density at radius 3 is 2.43 bits per heavy atom. The predicted octanol–water partition coefficient (Wildman–Crippen LogP) is 4.34. The van der Waals surface area contributed by atoms with Crippen LogP contribution < -0.4 is 5.32 Å². The summed E-state index contributed by atoms with van der Waals surface area (Å²) in [4.78, 5) is 20.5. The van der Waals surface area contributed by atoms with Crippen molar-refractivity contribution >= 4 is 12.2 Å². The van der Waals surface area contributed by atoms with E-state index in [1.807, 2.05) is 37.3 Å². The monoisotopic (exact) mass is 371 g/mol.